The smallest absolute Gasteiger partial charge is 0.291 e. The maximum absolute atomic E-state index is 12.9. The molecule has 3 aromatic heterocycles. The monoisotopic (exact) mass is 382 g/mol. The van der Waals surface area contributed by atoms with Crippen LogP contribution in [0.3, 0.4) is 0 Å². The zero-order chi connectivity index (χ0) is 19.8. The summed E-state index contributed by atoms with van der Waals surface area (Å²) in [6.07, 6.45) is 3.41. The fourth-order valence-electron chi connectivity index (χ4n) is 3.02. The van der Waals surface area contributed by atoms with E-state index in [0.717, 1.165) is 17.4 Å². The van der Waals surface area contributed by atoms with Crippen LogP contribution < -0.4 is 16.2 Å². The number of aromatic nitrogens is 4. The molecule has 3 heterocycles. The largest absolute Gasteiger partial charge is 0.494 e. The molecule has 4 rings (SSSR count). The van der Waals surface area contributed by atoms with E-state index in [0.29, 0.717) is 23.8 Å². The van der Waals surface area contributed by atoms with Crippen LogP contribution in [0.5, 0.6) is 5.88 Å². The lowest BCUT2D eigenvalue weighted by Crippen LogP contribution is -2.34. The molecule has 1 aliphatic rings. The fraction of sp³-hybridized carbons (Fsp3) is 0.368. The lowest BCUT2D eigenvalue weighted by atomic mass is 10.2. The topological polar surface area (TPSA) is 114 Å². The Bertz CT molecular complexity index is 1080. The molecule has 3 aromatic rings. The number of pyridine rings is 1. The van der Waals surface area contributed by atoms with E-state index in [2.05, 4.69) is 20.7 Å². The highest BCUT2D eigenvalue weighted by Crippen LogP contribution is 2.24. The molecule has 9 nitrogen and oxygen atoms in total. The zero-order valence-electron chi connectivity index (χ0n) is 15.7. The van der Waals surface area contributed by atoms with Crippen LogP contribution in [0.4, 0.5) is 11.6 Å². The molecule has 146 valence electrons. The predicted molar refractivity (Wildman–Crippen MR) is 104 cm³/mol. The third-order valence-electron chi connectivity index (χ3n) is 4.46. The van der Waals surface area contributed by atoms with Crippen LogP contribution in [0, 0.1) is 5.92 Å². The fourth-order valence-corrected chi connectivity index (χ4v) is 3.02. The van der Waals surface area contributed by atoms with E-state index in [9.17, 15) is 14.7 Å². The molecule has 3 N–H and O–H groups in total. The number of hydrogen-bond donors (Lipinski definition) is 3. The second-order valence-corrected chi connectivity index (χ2v) is 7.40. The van der Waals surface area contributed by atoms with Crippen molar-refractivity contribution in [1.29, 1.82) is 0 Å². The van der Waals surface area contributed by atoms with Gasteiger partial charge in [-0.2, -0.15) is 4.52 Å². The van der Waals surface area contributed by atoms with Crippen molar-refractivity contribution in [2.45, 2.75) is 39.3 Å². The summed E-state index contributed by atoms with van der Waals surface area (Å²) < 4.78 is 2.69. The Balaban J connectivity index is 1.83. The molecule has 0 atom stereocenters. The Labute approximate surface area is 161 Å². The van der Waals surface area contributed by atoms with Crippen molar-refractivity contribution in [1.82, 2.24) is 24.5 Å². The van der Waals surface area contributed by atoms with Gasteiger partial charge in [0, 0.05) is 24.8 Å². The third-order valence-corrected chi connectivity index (χ3v) is 4.46. The van der Waals surface area contributed by atoms with Gasteiger partial charge in [0.25, 0.3) is 11.5 Å². The van der Waals surface area contributed by atoms with E-state index in [-0.39, 0.29) is 23.4 Å². The van der Waals surface area contributed by atoms with Crippen LogP contribution in [0.2, 0.25) is 0 Å². The number of rotatable bonds is 6. The van der Waals surface area contributed by atoms with Gasteiger partial charge in [0.05, 0.1) is 0 Å². The number of hydrogen-bond acceptors (Lipinski definition) is 6. The van der Waals surface area contributed by atoms with Gasteiger partial charge in [-0.3, -0.25) is 14.2 Å². The average molecular weight is 382 g/mol. The molecule has 28 heavy (non-hydrogen) atoms. The Morgan fingerprint density at radius 2 is 2.11 bits per heavy atom. The number of fused-ring (bicyclic) bond motifs is 1. The third kappa shape index (κ3) is 3.42. The van der Waals surface area contributed by atoms with Crippen LogP contribution in [0.1, 0.15) is 37.0 Å². The Morgan fingerprint density at radius 1 is 1.32 bits per heavy atom. The first kappa shape index (κ1) is 18.0. The van der Waals surface area contributed by atoms with Crippen molar-refractivity contribution in [2.24, 2.45) is 5.92 Å². The van der Waals surface area contributed by atoms with Gasteiger partial charge in [0.1, 0.15) is 11.5 Å². The highest BCUT2D eigenvalue weighted by atomic mass is 16.3. The number of anilines is 2. The number of amides is 1. The molecule has 0 spiro atoms. The van der Waals surface area contributed by atoms with Gasteiger partial charge in [-0.1, -0.05) is 19.9 Å². The van der Waals surface area contributed by atoms with Gasteiger partial charge in [-0.15, -0.1) is 5.10 Å². The van der Waals surface area contributed by atoms with Crippen molar-refractivity contribution in [3.63, 3.8) is 0 Å². The standard InChI is InChI=1S/C19H22N6O3/c1-11(2)10-24-15-9-14(22-13-5-3-4-8-20-13)23-25(15)19(28)16(18(24)27)17(26)21-12-6-7-12/h3-5,8-9,11-12,27H,6-7,10H2,1-2H3,(H,21,26)(H,20,22,23). The van der Waals surface area contributed by atoms with Crippen LogP contribution in [0.25, 0.3) is 5.65 Å². The van der Waals surface area contributed by atoms with Gasteiger partial charge in [0.2, 0.25) is 5.88 Å². The molecular weight excluding hydrogens is 360 g/mol. The van der Waals surface area contributed by atoms with Gasteiger partial charge < -0.3 is 15.7 Å². The Kier molecular flexibility index (Phi) is 4.50. The van der Waals surface area contributed by atoms with E-state index in [1.54, 1.807) is 29.0 Å². The first-order valence-electron chi connectivity index (χ1n) is 9.28. The summed E-state index contributed by atoms with van der Waals surface area (Å²) in [5, 5.41) is 20.8. The second-order valence-electron chi connectivity index (χ2n) is 7.40. The summed E-state index contributed by atoms with van der Waals surface area (Å²) in [6, 6.07) is 7.12. The molecule has 0 bridgehead atoms. The minimum Gasteiger partial charge on any atom is -0.494 e. The van der Waals surface area contributed by atoms with Gasteiger partial charge in [-0.25, -0.2) is 4.98 Å². The maximum atomic E-state index is 12.9. The second kappa shape index (κ2) is 6.99. The number of nitrogens with zero attached hydrogens (tertiary/aromatic N) is 4. The van der Waals surface area contributed by atoms with Crippen molar-refractivity contribution in [3.05, 3.63) is 46.4 Å². The number of aromatic hydroxyl groups is 1. The van der Waals surface area contributed by atoms with Crippen LogP contribution in [-0.2, 0) is 6.54 Å². The predicted octanol–water partition coefficient (Wildman–Crippen LogP) is 1.89. The van der Waals surface area contributed by atoms with Gasteiger partial charge in [0.15, 0.2) is 11.4 Å². The molecule has 0 aromatic carbocycles. The lowest BCUT2D eigenvalue weighted by molar-refractivity contribution is 0.0944. The Hall–Kier alpha value is -3.36. The van der Waals surface area contributed by atoms with Crippen molar-refractivity contribution in [2.75, 3.05) is 5.32 Å². The lowest BCUT2D eigenvalue weighted by Gasteiger charge is -2.16. The SMILES string of the molecule is CC(C)Cn1c(O)c(C(=O)NC2CC2)c(=O)n2nc(Nc3ccccn3)cc12. The normalized spacial score (nSPS) is 13.8. The summed E-state index contributed by atoms with van der Waals surface area (Å²) in [4.78, 5) is 29.7. The van der Waals surface area contributed by atoms with Crippen molar-refractivity contribution >= 4 is 23.2 Å². The molecule has 1 fully saturated rings. The first-order chi connectivity index (χ1) is 13.4. The van der Waals surface area contributed by atoms with E-state index >= 15 is 0 Å². The van der Waals surface area contributed by atoms with Gasteiger partial charge >= 0.3 is 0 Å². The number of nitrogens with one attached hydrogen (secondary N) is 2. The maximum Gasteiger partial charge on any atom is 0.291 e. The highest BCUT2D eigenvalue weighted by Gasteiger charge is 2.29. The van der Waals surface area contributed by atoms with Gasteiger partial charge in [-0.05, 0) is 30.9 Å². The van der Waals surface area contributed by atoms with Crippen molar-refractivity contribution < 1.29 is 9.90 Å². The minimum absolute atomic E-state index is 0.0690. The summed E-state index contributed by atoms with van der Waals surface area (Å²) in [5.41, 5.74) is -0.537. The summed E-state index contributed by atoms with van der Waals surface area (Å²) in [6.45, 7) is 4.40. The molecule has 9 heteroatoms. The summed E-state index contributed by atoms with van der Waals surface area (Å²) in [5.74, 6) is 0.239. The quantitative estimate of drug-likeness (QED) is 0.600. The van der Waals surface area contributed by atoms with Crippen molar-refractivity contribution in [3.8, 4) is 5.88 Å². The van der Waals surface area contributed by atoms with Crippen LogP contribution in [-0.4, -0.2) is 36.2 Å². The number of carbonyl (C=O) groups excluding carboxylic acids is 1. The molecule has 1 saturated carbocycles. The summed E-state index contributed by atoms with van der Waals surface area (Å²) >= 11 is 0. The summed E-state index contributed by atoms with van der Waals surface area (Å²) in [7, 11) is 0. The number of carbonyl (C=O) groups is 1. The van der Waals surface area contributed by atoms with Crippen LogP contribution in [0.15, 0.2) is 35.3 Å². The van der Waals surface area contributed by atoms with E-state index in [4.69, 9.17) is 0 Å². The molecule has 0 unspecified atom stereocenters. The molecule has 1 amide bonds. The van der Waals surface area contributed by atoms with E-state index < -0.39 is 11.5 Å². The van der Waals surface area contributed by atoms with Crippen LogP contribution >= 0.6 is 0 Å². The minimum atomic E-state index is -0.653. The molecule has 0 saturated heterocycles. The zero-order valence-corrected chi connectivity index (χ0v) is 15.7. The Morgan fingerprint density at radius 3 is 2.75 bits per heavy atom. The van der Waals surface area contributed by atoms with E-state index in [1.807, 2.05) is 19.9 Å². The molecule has 0 radical (unpaired) electrons. The molecule has 1 aliphatic carbocycles. The highest BCUT2D eigenvalue weighted by molar-refractivity contribution is 5.96. The molecular formula is C19H22N6O3. The average Bonchev–Trinajstić information content (AvgIpc) is 3.36. The first-order valence-corrected chi connectivity index (χ1v) is 9.28. The van der Waals surface area contributed by atoms with E-state index in [1.165, 1.54) is 0 Å². The molecule has 0 aliphatic heterocycles.